The molecule has 0 aromatic heterocycles. The summed E-state index contributed by atoms with van der Waals surface area (Å²) in [6.45, 7) is 5.80. The van der Waals surface area contributed by atoms with Crippen LogP contribution in [0.4, 0.5) is 0 Å². The number of esters is 1. The van der Waals surface area contributed by atoms with Gasteiger partial charge in [-0.25, -0.2) is 21.6 Å². The van der Waals surface area contributed by atoms with E-state index in [0.717, 1.165) is 6.92 Å². The fourth-order valence-electron chi connectivity index (χ4n) is 1.08. The van der Waals surface area contributed by atoms with Crippen LogP contribution < -0.4 is 0 Å². The molecule has 0 N–H and O–H groups in total. The van der Waals surface area contributed by atoms with Gasteiger partial charge >= 0.3 is 5.97 Å². The summed E-state index contributed by atoms with van der Waals surface area (Å²) < 4.78 is 50.0. The van der Waals surface area contributed by atoms with Gasteiger partial charge in [0.1, 0.15) is 0 Å². The van der Waals surface area contributed by atoms with Crippen LogP contribution in [0, 0.1) is 0 Å². The summed E-state index contributed by atoms with van der Waals surface area (Å²) in [6, 6.07) is 0. The predicted molar refractivity (Wildman–Crippen MR) is 61.9 cm³/mol. The van der Waals surface area contributed by atoms with Crippen molar-refractivity contribution < 1.29 is 26.4 Å². The van der Waals surface area contributed by atoms with Gasteiger partial charge in [-0.05, 0) is 13.8 Å². The first kappa shape index (κ1) is 16.1. The lowest BCUT2D eigenvalue weighted by molar-refractivity contribution is -0.146. The average Bonchev–Trinajstić information content (AvgIpc) is 1.96. The highest BCUT2D eigenvalue weighted by Gasteiger charge is 2.34. The number of hydrogen-bond donors (Lipinski definition) is 0. The van der Waals surface area contributed by atoms with Crippen LogP contribution in [0.5, 0.6) is 0 Å². The molecule has 0 saturated heterocycles. The fraction of sp³-hybridized carbons (Fsp3) is 0.625. The standard InChI is InChI=1S/C8H15NO6S2/c1-6(2)8(10)15-7(3)9(16(4,11)12)17(5,13)14/h7H,1H2,2-5H3. The van der Waals surface area contributed by atoms with Crippen LogP contribution in [-0.4, -0.2) is 45.3 Å². The number of ether oxygens (including phenoxy) is 1. The Morgan fingerprint density at radius 2 is 1.53 bits per heavy atom. The Bertz CT molecular complexity index is 486. The highest BCUT2D eigenvalue weighted by atomic mass is 32.3. The van der Waals surface area contributed by atoms with E-state index in [1.54, 1.807) is 0 Å². The third-order valence-corrected chi connectivity index (χ3v) is 5.10. The van der Waals surface area contributed by atoms with Gasteiger partial charge in [0.2, 0.25) is 20.0 Å². The smallest absolute Gasteiger partial charge is 0.334 e. The lowest BCUT2D eigenvalue weighted by atomic mass is 10.4. The summed E-state index contributed by atoms with van der Waals surface area (Å²) in [7, 11) is -8.11. The number of hydrogen-bond acceptors (Lipinski definition) is 6. The second kappa shape index (κ2) is 5.15. The predicted octanol–water partition coefficient (Wildman–Crippen LogP) is -0.327. The lowest BCUT2D eigenvalue weighted by Gasteiger charge is -2.24. The Hall–Kier alpha value is -0.930. The normalized spacial score (nSPS) is 14.4. The van der Waals surface area contributed by atoms with Crippen LogP contribution in [0.3, 0.4) is 0 Å². The molecule has 0 rings (SSSR count). The Labute approximate surface area is 101 Å². The largest absolute Gasteiger partial charge is 0.441 e. The van der Waals surface area contributed by atoms with E-state index in [4.69, 9.17) is 0 Å². The summed E-state index contributed by atoms with van der Waals surface area (Å²) in [5, 5.41) is 0. The van der Waals surface area contributed by atoms with Crippen LogP contribution in [0.1, 0.15) is 13.8 Å². The minimum absolute atomic E-state index is 0.0406. The maximum atomic E-state index is 11.3. The zero-order valence-corrected chi connectivity index (χ0v) is 11.6. The second-order valence-electron chi connectivity index (χ2n) is 3.54. The van der Waals surface area contributed by atoms with Crippen molar-refractivity contribution in [2.24, 2.45) is 0 Å². The third kappa shape index (κ3) is 4.84. The van der Waals surface area contributed by atoms with Crippen molar-refractivity contribution in [3.63, 3.8) is 0 Å². The van der Waals surface area contributed by atoms with Gasteiger partial charge in [0.15, 0.2) is 6.23 Å². The molecule has 0 amide bonds. The molecule has 0 aromatic rings. The molecule has 1 atom stereocenters. The molecular weight excluding hydrogens is 270 g/mol. The van der Waals surface area contributed by atoms with Gasteiger partial charge in [0.05, 0.1) is 12.5 Å². The molecule has 0 aliphatic heterocycles. The number of nitrogens with zero attached hydrogens (tertiary/aromatic N) is 1. The van der Waals surface area contributed by atoms with Crippen molar-refractivity contribution >= 4 is 26.0 Å². The van der Waals surface area contributed by atoms with Gasteiger partial charge in [0, 0.05) is 5.57 Å². The topological polar surface area (TPSA) is 97.8 Å². The first-order valence-corrected chi connectivity index (χ1v) is 8.13. The minimum Gasteiger partial charge on any atom is -0.441 e. The molecule has 1 unspecified atom stereocenters. The summed E-state index contributed by atoms with van der Waals surface area (Å²) >= 11 is 0. The van der Waals surface area contributed by atoms with E-state index in [2.05, 4.69) is 11.3 Å². The van der Waals surface area contributed by atoms with Crippen molar-refractivity contribution in [2.75, 3.05) is 12.5 Å². The first-order valence-electron chi connectivity index (χ1n) is 4.43. The molecule has 0 aliphatic rings. The highest BCUT2D eigenvalue weighted by Crippen LogP contribution is 2.13. The Morgan fingerprint density at radius 3 is 1.76 bits per heavy atom. The third-order valence-electron chi connectivity index (χ3n) is 1.58. The number of carbonyl (C=O) groups excluding carboxylic acids is 1. The SMILES string of the molecule is C=C(C)C(=O)OC(C)N(S(C)(=O)=O)S(C)(=O)=O. The number of rotatable bonds is 5. The molecule has 0 fully saturated rings. The van der Waals surface area contributed by atoms with Gasteiger partial charge < -0.3 is 4.74 Å². The monoisotopic (exact) mass is 285 g/mol. The summed E-state index contributed by atoms with van der Waals surface area (Å²) in [6.07, 6.45) is -0.0395. The van der Waals surface area contributed by atoms with Gasteiger partial charge in [-0.1, -0.05) is 10.3 Å². The van der Waals surface area contributed by atoms with E-state index < -0.39 is 32.2 Å². The molecule has 0 bridgehead atoms. The number of sulfonamides is 2. The van der Waals surface area contributed by atoms with Gasteiger partial charge in [0.25, 0.3) is 0 Å². The quantitative estimate of drug-likeness (QED) is 0.390. The lowest BCUT2D eigenvalue weighted by Crippen LogP contribution is -2.44. The van der Waals surface area contributed by atoms with E-state index in [9.17, 15) is 21.6 Å². The van der Waals surface area contributed by atoms with E-state index in [-0.39, 0.29) is 9.28 Å². The van der Waals surface area contributed by atoms with Gasteiger partial charge in [-0.2, -0.15) is 0 Å². The molecule has 9 heteroatoms. The van der Waals surface area contributed by atoms with Crippen LogP contribution in [-0.2, 0) is 29.6 Å². The van der Waals surface area contributed by atoms with E-state index >= 15 is 0 Å². The maximum Gasteiger partial charge on any atom is 0.334 e. The molecule has 0 radical (unpaired) electrons. The van der Waals surface area contributed by atoms with Crippen molar-refractivity contribution in [1.29, 1.82) is 0 Å². The molecule has 0 saturated carbocycles. The van der Waals surface area contributed by atoms with Crippen molar-refractivity contribution in [3.05, 3.63) is 12.2 Å². The maximum absolute atomic E-state index is 11.3. The average molecular weight is 285 g/mol. The fourth-order valence-corrected chi connectivity index (χ4v) is 4.22. The van der Waals surface area contributed by atoms with Crippen LogP contribution in [0.2, 0.25) is 0 Å². The molecule has 0 aromatic carbocycles. The van der Waals surface area contributed by atoms with Crippen LogP contribution >= 0.6 is 0 Å². The zero-order chi connectivity index (χ0) is 14.0. The molecule has 7 nitrogen and oxygen atoms in total. The van der Waals surface area contributed by atoms with Crippen LogP contribution in [0.15, 0.2) is 12.2 Å². The van der Waals surface area contributed by atoms with Crippen molar-refractivity contribution in [2.45, 2.75) is 20.1 Å². The van der Waals surface area contributed by atoms with Crippen LogP contribution in [0.25, 0.3) is 0 Å². The molecule has 0 heterocycles. The van der Waals surface area contributed by atoms with Gasteiger partial charge in [-0.15, -0.1) is 0 Å². The molecular formula is C8H15NO6S2. The summed E-state index contributed by atoms with van der Waals surface area (Å²) in [5.74, 6) is -0.866. The Balaban J connectivity index is 5.26. The summed E-state index contributed by atoms with van der Waals surface area (Å²) in [5.41, 5.74) is 0.0406. The first-order chi connectivity index (χ1) is 7.37. The molecule has 0 spiro atoms. The van der Waals surface area contributed by atoms with E-state index in [1.807, 2.05) is 0 Å². The summed E-state index contributed by atoms with van der Waals surface area (Å²) in [4.78, 5) is 11.2. The molecule has 0 aliphatic carbocycles. The zero-order valence-electron chi connectivity index (χ0n) is 10.00. The Kier molecular flexibility index (Phi) is 4.87. The van der Waals surface area contributed by atoms with E-state index in [1.165, 1.54) is 6.92 Å². The van der Waals surface area contributed by atoms with Gasteiger partial charge in [-0.3, -0.25) is 0 Å². The highest BCUT2D eigenvalue weighted by molar-refractivity contribution is 8.03. The van der Waals surface area contributed by atoms with E-state index in [0.29, 0.717) is 12.5 Å². The molecule has 100 valence electrons. The minimum atomic E-state index is -4.05. The second-order valence-corrected chi connectivity index (χ2v) is 7.49. The van der Waals surface area contributed by atoms with Crippen molar-refractivity contribution in [3.8, 4) is 0 Å². The van der Waals surface area contributed by atoms with Crippen molar-refractivity contribution in [1.82, 2.24) is 3.71 Å². The Morgan fingerprint density at radius 1 is 1.18 bits per heavy atom. The molecule has 17 heavy (non-hydrogen) atoms. The number of carbonyl (C=O) groups is 1.